The number of hydrogen-bond acceptors (Lipinski definition) is 5. The number of nitrogens with zero attached hydrogens (tertiary/aromatic N) is 6. The third kappa shape index (κ3) is 2.16. The molecule has 0 aromatic rings. The number of urea groups is 2. The number of rotatable bonds is 3. The van der Waals surface area contributed by atoms with E-state index in [0.717, 1.165) is 9.80 Å². The molecule has 0 aromatic heterocycles. The topological polar surface area (TPSA) is 115 Å². The van der Waals surface area contributed by atoms with E-state index in [0.29, 0.717) is 4.90 Å². The molecule has 0 atom stereocenters. The largest absolute Gasteiger partial charge is 0.331 e. The third-order valence-corrected chi connectivity index (χ3v) is 2.57. The lowest BCUT2D eigenvalue weighted by Gasteiger charge is -2.43. The van der Waals surface area contributed by atoms with Crippen molar-refractivity contribution < 1.29 is 9.59 Å². The highest BCUT2D eigenvalue weighted by atomic mass is 16.2. The molecule has 1 rings (SSSR count). The predicted octanol–water partition coefficient (Wildman–Crippen LogP) is 0.0627. The van der Waals surface area contributed by atoms with Gasteiger partial charge >= 0.3 is 12.1 Å². The van der Waals surface area contributed by atoms with Gasteiger partial charge in [-0.2, -0.15) is 15.8 Å². The fraction of sp³-hybridized carbons (Fsp3) is 0.500. The minimum atomic E-state index is -0.690. The number of hydrogen-bond donors (Lipinski definition) is 0. The Bertz CT molecular complexity index is 446. The molecule has 0 aromatic carbocycles. The minimum Gasteiger partial charge on any atom is -0.290 e. The van der Waals surface area contributed by atoms with E-state index in [9.17, 15) is 9.59 Å². The molecule has 0 N–H and O–H groups in total. The zero-order valence-electron chi connectivity index (χ0n) is 9.70. The number of imide groups is 1. The predicted molar refractivity (Wildman–Crippen MR) is 57.2 cm³/mol. The van der Waals surface area contributed by atoms with Crippen molar-refractivity contribution in [1.82, 2.24) is 14.7 Å². The lowest BCUT2D eigenvalue weighted by atomic mass is 10.3. The van der Waals surface area contributed by atoms with Gasteiger partial charge in [0, 0.05) is 0 Å². The second kappa shape index (κ2) is 5.51. The van der Waals surface area contributed by atoms with Crippen molar-refractivity contribution in [3.05, 3.63) is 0 Å². The van der Waals surface area contributed by atoms with Crippen LogP contribution in [0, 0.1) is 34.0 Å². The van der Waals surface area contributed by atoms with Gasteiger partial charge in [-0.15, -0.1) is 0 Å². The Kier molecular flexibility index (Phi) is 4.07. The van der Waals surface area contributed by atoms with Crippen molar-refractivity contribution in [3.8, 4) is 18.2 Å². The van der Waals surface area contributed by atoms with Crippen LogP contribution in [0.15, 0.2) is 0 Å². The SMILES string of the molecule is CC1N(CC#N)C(=O)N(CC#N)C(=O)N1CC#N. The van der Waals surface area contributed by atoms with E-state index in [2.05, 4.69) is 0 Å². The third-order valence-electron chi connectivity index (χ3n) is 2.57. The van der Waals surface area contributed by atoms with Crippen LogP contribution in [0.1, 0.15) is 6.92 Å². The van der Waals surface area contributed by atoms with Crippen molar-refractivity contribution in [3.63, 3.8) is 0 Å². The molecule has 0 aliphatic carbocycles. The van der Waals surface area contributed by atoms with E-state index >= 15 is 0 Å². The van der Waals surface area contributed by atoms with E-state index in [1.54, 1.807) is 13.0 Å². The maximum absolute atomic E-state index is 11.9. The van der Waals surface area contributed by atoms with Crippen LogP contribution in [0.5, 0.6) is 0 Å². The summed E-state index contributed by atoms with van der Waals surface area (Å²) in [5, 5.41) is 25.9. The molecule has 0 bridgehead atoms. The molecule has 0 unspecified atom stereocenters. The van der Waals surface area contributed by atoms with Crippen molar-refractivity contribution in [1.29, 1.82) is 15.8 Å². The second-order valence-electron chi connectivity index (χ2n) is 3.51. The Morgan fingerprint density at radius 2 is 1.33 bits per heavy atom. The molecular formula is C10H10N6O2. The van der Waals surface area contributed by atoms with Gasteiger partial charge in [-0.3, -0.25) is 9.80 Å². The highest BCUT2D eigenvalue weighted by molar-refractivity contribution is 5.96. The number of amides is 4. The summed E-state index contributed by atoms with van der Waals surface area (Å²) in [6.45, 7) is 0.719. The van der Waals surface area contributed by atoms with Crippen molar-refractivity contribution in [2.75, 3.05) is 19.6 Å². The molecule has 1 heterocycles. The average Bonchev–Trinajstić information content (AvgIpc) is 2.35. The zero-order valence-corrected chi connectivity index (χ0v) is 9.70. The van der Waals surface area contributed by atoms with E-state index < -0.39 is 24.8 Å². The monoisotopic (exact) mass is 246 g/mol. The molecule has 0 saturated carbocycles. The van der Waals surface area contributed by atoms with E-state index in [1.165, 1.54) is 0 Å². The molecule has 8 heteroatoms. The molecule has 0 radical (unpaired) electrons. The second-order valence-corrected chi connectivity index (χ2v) is 3.51. The summed E-state index contributed by atoms with van der Waals surface area (Å²) in [5.41, 5.74) is 0. The molecule has 1 saturated heterocycles. The van der Waals surface area contributed by atoms with Gasteiger partial charge in [0.25, 0.3) is 0 Å². The molecule has 1 aliphatic rings. The van der Waals surface area contributed by atoms with Gasteiger partial charge in [0.05, 0.1) is 18.2 Å². The van der Waals surface area contributed by atoms with E-state index in [4.69, 9.17) is 15.8 Å². The number of carbonyl (C=O) groups excluding carboxylic acids is 2. The van der Waals surface area contributed by atoms with Gasteiger partial charge in [0.2, 0.25) is 0 Å². The highest BCUT2D eigenvalue weighted by Gasteiger charge is 2.41. The quantitative estimate of drug-likeness (QED) is 0.653. The molecule has 4 amide bonds. The summed E-state index contributed by atoms with van der Waals surface area (Å²) in [5.74, 6) is 0. The van der Waals surface area contributed by atoms with Gasteiger partial charge in [-0.1, -0.05) is 0 Å². The van der Waals surface area contributed by atoms with Crippen molar-refractivity contribution >= 4 is 12.1 Å². The Hall–Kier alpha value is -2.79. The Morgan fingerprint density at radius 1 is 0.944 bits per heavy atom. The number of carbonyl (C=O) groups is 2. The van der Waals surface area contributed by atoms with E-state index in [-0.39, 0.29) is 13.1 Å². The number of nitriles is 3. The van der Waals surface area contributed by atoms with Crippen LogP contribution < -0.4 is 0 Å². The first-order valence-corrected chi connectivity index (χ1v) is 5.08. The van der Waals surface area contributed by atoms with Crippen LogP contribution in [0.25, 0.3) is 0 Å². The minimum absolute atomic E-state index is 0.211. The van der Waals surface area contributed by atoms with Crippen LogP contribution in [-0.2, 0) is 0 Å². The van der Waals surface area contributed by atoms with E-state index in [1.807, 2.05) is 12.1 Å². The first-order chi connectivity index (χ1) is 8.58. The smallest absolute Gasteiger partial charge is 0.290 e. The lowest BCUT2D eigenvalue weighted by molar-refractivity contribution is 0.0531. The summed E-state index contributed by atoms with van der Waals surface area (Å²) in [6.07, 6.45) is -0.681. The van der Waals surface area contributed by atoms with Gasteiger partial charge < -0.3 is 0 Å². The maximum atomic E-state index is 11.9. The fourth-order valence-electron chi connectivity index (χ4n) is 1.64. The summed E-state index contributed by atoms with van der Waals surface area (Å²) in [7, 11) is 0. The van der Waals surface area contributed by atoms with Crippen LogP contribution in [0.2, 0.25) is 0 Å². The van der Waals surface area contributed by atoms with Gasteiger partial charge in [-0.25, -0.2) is 14.5 Å². The first kappa shape index (κ1) is 13.3. The Balaban J connectivity index is 3.08. The molecule has 1 aliphatic heterocycles. The Labute approximate surface area is 104 Å². The zero-order chi connectivity index (χ0) is 13.7. The average molecular weight is 246 g/mol. The maximum Gasteiger partial charge on any atom is 0.331 e. The molecular weight excluding hydrogens is 236 g/mol. The van der Waals surface area contributed by atoms with Gasteiger partial charge in [0.1, 0.15) is 25.8 Å². The van der Waals surface area contributed by atoms with Crippen LogP contribution in [0.4, 0.5) is 9.59 Å². The lowest BCUT2D eigenvalue weighted by Crippen LogP contribution is -2.65. The summed E-state index contributed by atoms with van der Waals surface area (Å²) >= 11 is 0. The normalized spacial score (nSPS) is 16.2. The van der Waals surface area contributed by atoms with Gasteiger partial charge in [-0.05, 0) is 6.92 Å². The highest BCUT2D eigenvalue weighted by Crippen LogP contribution is 2.18. The first-order valence-electron chi connectivity index (χ1n) is 5.08. The van der Waals surface area contributed by atoms with Crippen LogP contribution in [-0.4, -0.2) is 52.6 Å². The summed E-state index contributed by atoms with van der Waals surface area (Å²) in [4.78, 5) is 26.8. The van der Waals surface area contributed by atoms with Crippen molar-refractivity contribution in [2.45, 2.75) is 13.1 Å². The molecule has 1 fully saturated rings. The van der Waals surface area contributed by atoms with Crippen LogP contribution >= 0.6 is 0 Å². The Morgan fingerprint density at radius 3 is 1.67 bits per heavy atom. The van der Waals surface area contributed by atoms with Gasteiger partial charge in [0.15, 0.2) is 0 Å². The summed E-state index contributed by atoms with van der Waals surface area (Å²) < 4.78 is 0. The van der Waals surface area contributed by atoms with Crippen LogP contribution in [0.3, 0.4) is 0 Å². The summed E-state index contributed by atoms with van der Waals surface area (Å²) in [6, 6.07) is 3.95. The fourth-order valence-corrected chi connectivity index (χ4v) is 1.64. The molecule has 8 nitrogen and oxygen atoms in total. The molecule has 92 valence electrons. The standard InChI is InChI=1S/C10H10N6O2/c1-8-14(5-2-11)9(17)16(7-4-13)10(18)15(8)6-3-12/h8H,5-7H2,1H3. The molecule has 18 heavy (non-hydrogen) atoms. The van der Waals surface area contributed by atoms with Crippen molar-refractivity contribution in [2.24, 2.45) is 0 Å². The molecule has 0 spiro atoms.